The Morgan fingerprint density at radius 3 is 1.86 bits per heavy atom. The highest BCUT2D eigenvalue weighted by Crippen LogP contribution is 2.27. The standard InChI is InChI=1S/C35H34N4O5/c1-3-34(40)43-24-10-5-4-9-23-42-32-20-13-27(14-21-32)35(41)44-33-22-19-31(25-26(33)2)39-38-30-17-15-29(16-18-30)37-36-28-11-7-6-8-12-28/h3,6-8,11-22,25H,1,4-5,9-10,23-24H2,2H3. The fraction of sp³-hybridized carbons (Fsp3) is 0.200. The van der Waals surface area contributed by atoms with Crippen LogP contribution < -0.4 is 9.47 Å². The molecule has 44 heavy (non-hydrogen) atoms. The highest BCUT2D eigenvalue weighted by Gasteiger charge is 2.11. The van der Waals surface area contributed by atoms with E-state index in [1.54, 1.807) is 42.5 Å². The molecule has 0 N–H and O–H groups in total. The Balaban J connectivity index is 1.21. The van der Waals surface area contributed by atoms with Crippen molar-refractivity contribution in [1.82, 2.24) is 0 Å². The summed E-state index contributed by atoms with van der Waals surface area (Å²) in [6, 6.07) is 28.9. The second-order valence-electron chi connectivity index (χ2n) is 9.75. The van der Waals surface area contributed by atoms with Gasteiger partial charge in [0.15, 0.2) is 0 Å². The van der Waals surface area contributed by atoms with Crippen molar-refractivity contribution in [1.29, 1.82) is 0 Å². The molecular formula is C35H34N4O5. The van der Waals surface area contributed by atoms with Crippen molar-refractivity contribution >= 4 is 34.7 Å². The first-order chi connectivity index (χ1) is 21.5. The Hall–Kier alpha value is -5.44. The van der Waals surface area contributed by atoms with Gasteiger partial charge in [-0.25, -0.2) is 9.59 Å². The summed E-state index contributed by atoms with van der Waals surface area (Å²) in [7, 11) is 0. The Morgan fingerprint density at radius 2 is 1.25 bits per heavy atom. The third kappa shape index (κ3) is 10.4. The van der Waals surface area contributed by atoms with E-state index in [1.807, 2.05) is 61.5 Å². The van der Waals surface area contributed by atoms with E-state index in [9.17, 15) is 9.59 Å². The van der Waals surface area contributed by atoms with Gasteiger partial charge in [-0.15, -0.1) is 0 Å². The Morgan fingerprint density at radius 1 is 0.682 bits per heavy atom. The Bertz CT molecular complexity index is 1580. The van der Waals surface area contributed by atoms with Crippen LogP contribution in [0.25, 0.3) is 0 Å². The molecule has 0 heterocycles. The van der Waals surface area contributed by atoms with E-state index >= 15 is 0 Å². The van der Waals surface area contributed by atoms with Gasteiger partial charge in [0.25, 0.3) is 0 Å². The third-order valence-electron chi connectivity index (χ3n) is 6.34. The monoisotopic (exact) mass is 590 g/mol. The number of nitrogens with zero attached hydrogens (tertiary/aromatic N) is 4. The molecule has 0 saturated heterocycles. The molecule has 0 aromatic heterocycles. The third-order valence-corrected chi connectivity index (χ3v) is 6.34. The maximum absolute atomic E-state index is 12.7. The van der Waals surface area contributed by atoms with E-state index in [1.165, 1.54) is 0 Å². The first-order valence-electron chi connectivity index (χ1n) is 14.3. The quantitative estimate of drug-likeness (QED) is 0.0450. The molecule has 0 saturated carbocycles. The molecule has 224 valence electrons. The first-order valence-corrected chi connectivity index (χ1v) is 14.3. The number of benzene rings is 4. The molecular weight excluding hydrogens is 556 g/mol. The van der Waals surface area contributed by atoms with Crippen molar-refractivity contribution in [3.05, 3.63) is 121 Å². The van der Waals surface area contributed by atoms with E-state index in [0.29, 0.717) is 47.3 Å². The largest absolute Gasteiger partial charge is 0.494 e. The summed E-state index contributed by atoms with van der Waals surface area (Å²) < 4.78 is 16.3. The number of azo groups is 2. The molecule has 0 fully saturated rings. The van der Waals surface area contributed by atoms with Crippen molar-refractivity contribution in [3.63, 3.8) is 0 Å². The number of carbonyl (C=O) groups is 2. The van der Waals surface area contributed by atoms with Crippen molar-refractivity contribution in [2.75, 3.05) is 13.2 Å². The topological polar surface area (TPSA) is 111 Å². The second kappa shape index (κ2) is 16.9. The lowest BCUT2D eigenvalue weighted by Crippen LogP contribution is -2.09. The lowest BCUT2D eigenvalue weighted by Gasteiger charge is -2.09. The van der Waals surface area contributed by atoms with Gasteiger partial charge in [-0.05, 0) is 117 Å². The van der Waals surface area contributed by atoms with E-state index in [2.05, 4.69) is 27.0 Å². The molecule has 9 nitrogen and oxygen atoms in total. The molecule has 0 bridgehead atoms. The van der Waals surface area contributed by atoms with Gasteiger partial charge in [-0.3, -0.25) is 0 Å². The smallest absolute Gasteiger partial charge is 0.343 e. The number of esters is 2. The average molecular weight is 591 g/mol. The van der Waals surface area contributed by atoms with Crippen LogP contribution in [0.15, 0.2) is 130 Å². The molecule has 0 aliphatic heterocycles. The SMILES string of the molecule is C=CC(=O)OCCCCCCOc1ccc(C(=O)Oc2ccc(N=Nc3ccc(N=Nc4ccccc4)cc3)cc2C)cc1. The maximum Gasteiger partial charge on any atom is 0.343 e. The summed E-state index contributed by atoms with van der Waals surface area (Å²) in [5.74, 6) is 0.269. The van der Waals surface area contributed by atoms with Crippen molar-refractivity contribution in [3.8, 4) is 11.5 Å². The lowest BCUT2D eigenvalue weighted by molar-refractivity contribution is -0.137. The van der Waals surface area contributed by atoms with Gasteiger partial charge in [0.05, 0.1) is 41.5 Å². The van der Waals surface area contributed by atoms with Gasteiger partial charge in [-0.2, -0.15) is 20.5 Å². The second-order valence-corrected chi connectivity index (χ2v) is 9.75. The molecule has 4 aromatic carbocycles. The number of carbonyl (C=O) groups excluding carboxylic acids is 2. The normalized spacial score (nSPS) is 11.0. The maximum atomic E-state index is 12.7. The number of aryl methyl sites for hydroxylation is 1. The van der Waals surface area contributed by atoms with Crippen LogP contribution in [0.3, 0.4) is 0 Å². The van der Waals surface area contributed by atoms with E-state index in [-0.39, 0.29) is 0 Å². The van der Waals surface area contributed by atoms with Crippen LogP contribution in [0.5, 0.6) is 11.5 Å². The van der Waals surface area contributed by atoms with Crippen LogP contribution >= 0.6 is 0 Å². The van der Waals surface area contributed by atoms with Crippen molar-refractivity contribution < 1.29 is 23.8 Å². The fourth-order valence-electron chi connectivity index (χ4n) is 3.95. The minimum Gasteiger partial charge on any atom is -0.494 e. The van der Waals surface area contributed by atoms with E-state index in [0.717, 1.165) is 43.0 Å². The van der Waals surface area contributed by atoms with Gasteiger partial charge in [0.2, 0.25) is 0 Å². The minimum atomic E-state index is -0.462. The number of hydrogen-bond acceptors (Lipinski definition) is 9. The van der Waals surface area contributed by atoms with Crippen molar-refractivity contribution in [2.45, 2.75) is 32.6 Å². The number of ether oxygens (including phenoxy) is 3. The van der Waals surface area contributed by atoms with E-state index < -0.39 is 11.9 Å². The molecule has 0 aliphatic carbocycles. The van der Waals surface area contributed by atoms with Crippen molar-refractivity contribution in [2.24, 2.45) is 20.5 Å². The van der Waals surface area contributed by atoms with Gasteiger partial charge in [0, 0.05) is 6.08 Å². The molecule has 4 aromatic rings. The molecule has 0 amide bonds. The van der Waals surface area contributed by atoms with Crippen LogP contribution in [0.1, 0.15) is 41.6 Å². The van der Waals surface area contributed by atoms with Gasteiger partial charge in [0.1, 0.15) is 11.5 Å². The fourth-order valence-corrected chi connectivity index (χ4v) is 3.95. The van der Waals surface area contributed by atoms with Gasteiger partial charge >= 0.3 is 11.9 Å². The highest BCUT2D eigenvalue weighted by atomic mass is 16.5. The number of hydrogen-bond donors (Lipinski definition) is 0. The minimum absolute atomic E-state index is 0.394. The molecule has 9 heteroatoms. The average Bonchev–Trinajstić information content (AvgIpc) is 3.06. The molecule has 4 rings (SSSR count). The zero-order valence-corrected chi connectivity index (χ0v) is 24.6. The predicted octanol–water partition coefficient (Wildman–Crippen LogP) is 9.71. The molecule has 0 atom stereocenters. The number of rotatable bonds is 15. The number of unbranched alkanes of at least 4 members (excludes halogenated alkanes) is 3. The summed E-state index contributed by atoms with van der Waals surface area (Å²) >= 11 is 0. The van der Waals surface area contributed by atoms with Crippen LogP contribution in [-0.2, 0) is 9.53 Å². The highest BCUT2D eigenvalue weighted by molar-refractivity contribution is 5.91. The summed E-state index contributed by atoms with van der Waals surface area (Å²) in [6.45, 7) is 6.17. The van der Waals surface area contributed by atoms with Gasteiger partial charge < -0.3 is 14.2 Å². The zero-order valence-electron chi connectivity index (χ0n) is 24.6. The van der Waals surface area contributed by atoms with Crippen LogP contribution in [0, 0.1) is 6.92 Å². The summed E-state index contributed by atoms with van der Waals surface area (Å²) in [5.41, 5.74) is 3.98. The summed E-state index contributed by atoms with van der Waals surface area (Å²) in [6.07, 6.45) is 4.76. The summed E-state index contributed by atoms with van der Waals surface area (Å²) in [5, 5.41) is 17.0. The first kappa shape index (κ1) is 31.5. The van der Waals surface area contributed by atoms with Crippen LogP contribution in [0.2, 0.25) is 0 Å². The molecule has 0 aliphatic rings. The molecule has 0 spiro atoms. The van der Waals surface area contributed by atoms with Crippen LogP contribution in [-0.4, -0.2) is 25.2 Å². The van der Waals surface area contributed by atoms with Crippen LogP contribution in [0.4, 0.5) is 22.7 Å². The lowest BCUT2D eigenvalue weighted by atomic mass is 10.2. The van der Waals surface area contributed by atoms with E-state index in [4.69, 9.17) is 14.2 Å². The Kier molecular flexibility index (Phi) is 12.1. The van der Waals surface area contributed by atoms with Gasteiger partial charge in [-0.1, -0.05) is 24.8 Å². The predicted molar refractivity (Wildman–Crippen MR) is 169 cm³/mol. The summed E-state index contributed by atoms with van der Waals surface area (Å²) in [4.78, 5) is 23.7. The zero-order chi connectivity index (χ0) is 31.0. The Labute approximate surface area is 256 Å². The molecule has 0 unspecified atom stereocenters. The molecule has 0 radical (unpaired) electrons.